The maximum absolute atomic E-state index is 5.82. The summed E-state index contributed by atoms with van der Waals surface area (Å²) in [7, 11) is 2.08. The maximum atomic E-state index is 5.82. The van der Waals surface area contributed by atoms with E-state index in [1.807, 2.05) is 37.3 Å². The molecule has 126 valence electrons. The largest absolute Gasteiger partial charge is 0.364 e. The Morgan fingerprint density at radius 2 is 2.17 bits per heavy atom. The fourth-order valence-electron chi connectivity index (χ4n) is 2.51. The van der Waals surface area contributed by atoms with Gasteiger partial charge in [-0.2, -0.15) is 4.98 Å². The van der Waals surface area contributed by atoms with Gasteiger partial charge in [0.25, 0.3) is 5.89 Å². The number of ether oxygens (including phenoxy) is 1. The summed E-state index contributed by atoms with van der Waals surface area (Å²) in [6.45, 7) is 5.28. The second-order valence-corrected chi connectivity index (χ2v) is 5.63. The smallest absolute Gasteiger partial charge is 0.255 e. The number of nitrogens with zero attached hydrogens (tertiary/aromatic N) is 3. The van der Waals surface area contributed by atoms with Crippen molar-refractivity contribution < 1.29 is 9.26 Å². The van der Waals surface area contributed by atoms with Gasteiger partial charge in [0.1, 0.15) is 6.10 Å². The van der Waals surface area contributed by atoms with Crippen molar-refractivity contribution in [2.24, 2.45) is 0 Å². The van der Waals surface area contributed by atoms with Crippen molar-refractivity contribution in [1.29, 1.82) is 0 Å². The molecule has 2 atom stereocenters. The van der Waals surface area contributed by atoms with Crippen LogP contribution in [0.3, 0.4) is 0 Å². The van der Waals surface area contributed by atoms with Crippen LogP contribution in [0.2, 0.25) is 0 Å². The Hall–Kier alpha value is -1.47. The summed E-state index contributed by atoms with van der Waals surface area (Å²) in [6, 6.07) is 10.2. The van der Waals surface area contributed by atoms with Crippen LogP contribution in [0.5, 0.6) is 0 Å². The average Bonchev–Trinajstić information content (AvgIpc) is 3.04. The lowest BCUT2D eigenvalue weighted by Gasteiger charge is -2.30. The zero-order chi connectivity index (χ0) is 15.4. The van der Waals surface area contributed by atoms with Crippen LogP contribution in [0.15, 0.2) is 34.9 Å². The lowest BCUT2D eigenvalue weighted by molar-refractivity contribution is 0.0307. The molecule has 1 fully saturated rings. The van der Waals surface area contributed by atoms with Gasteiger partial charge in [0.05, 0.1) is 12.6 Å². The van der Waals surface area contributed by atoms with Crippen LogP contribution >= 0.6 is 12.4 Å². The average molecular weight is 339 g/mol. The van der Waals surface area contributed by atoms with Crippen molar-refractivity contribution in [1.82, 2.24) is 20.4 Å². The highest BCUT2D eigenvalue weighted by atomic mass is 35.5. The second-order valence-electron chi connectivity index (χ2n) is 5.63. The Morgan fingerprint density at radius 1 is 1.39 bits per heavy atom. The van der Waals surface area contributed by atoms with E-state index in [1.54, 1.807) is 0 Å². The van der Waals surface area contributed by atoms with Crippen molar-refractivity contribution in [3.05, 3.63) is 47.6 Å². The summed E-state index contributed by atoms with van der Waals surface area (Å²) in [5, 5.41) is 7.47. The first-order valence-electron chi connectivity index (χ1n) is 7.64. The predicted octanol–water partition coefficient (Wildman–Crippen LogP) is 2.35. The van der Waals surface area contributed by atoms with Crippen molar-refractivity contribution in [2.45, 2.75) is 25.7 Å². The third kappa shape index (κ3) is 4.51. The van der Waals surface area contributed by atoms with Crippen LogP contribution < -0.4 is 5.32 Å². The molecule has 0 bridgehead atoms. The summed E-state index contributed by atoms with van der Waals surface area (Å²) in [4.78, 5) is 6.75. The number of benzene rings is 1. The fraction of sp³-hybridized carbons (Fsp3) is 0.500. The Labute approximate surface area is 142 Å². The zero-order valence-electron chi connectivity index (χ0n) is 13.4. The SMILES string of the molecule is CC(OCc1ccccc1)c1nc(C2CNCCN2C)no1.Cl. The van der Waals surface area contributed by atoms with Crippen LogP contribution in [0.1, 0.15) is 36.3 Å². The Morgan fingerprint density at radius 3 is 2.91 bits per heavy atom. The zero-order valence-corrected chi connectivity index (χ0v) is 14.3. The van der Waals surface area contributed by atoms with E-state index in [2.05, 4.69) is 27.4 Å². The standard InChI is InChI=1S/C16H22N4O2.ClH/c1-12(21-11-13-6-4-3-5-7-13)16-18-15(19-22-16)14-10-17-8-9-20(14)2;/h3-7,12,14,17H,8-11H2,1-2H3;1H. The third-order valence-electron chi connectivity index (χ3n) is 3.96. The van der Waals surface area contributed by atoms with Crippen LogP contribution in [0.4, 0.5) is 0 Å². The van der Waals surface area contributed by atoms with Gasteiger partial charge in [-0.3, -0.25) is 4.90 Å². The van der Waals surface area contributed by atoms with Crippen LogP contribution in [0.25, 0.3) is 0 Å². The van der Waals surface area contributed by atoms with Gasteiger partial charge >= 0.3 is 0 Å². The molecule has 1 aliphatic rings. The predicted molar refractivity (Wildman–Crippen MR) is 89.4 cm³/mol. The topological polar surface area (TPSA) is 63.4 Å². The molecule has 1 aliphatic heterocycles. The van der Waals surface area contributed by atoms with Gasteiger partial charge in [-0.25, -0.2) is 0 Å². The Balaban J connectivity index is 0.00000192. The number of piperazine rings is 1. The van der Waals surface area contributed by atoms with Gasteiger partial charge in [0.15, 0.2) is 5.82 Å². The first kappa shape index (κ1) is 17.9. The van der Waals surface area contributed by atoms with Crippen molar-refractivity contribution in [3.8, 4) is 0 Å². The first-order valence-corrected chi connectivity index (χ1v) is 7.64. The molecule has 1 aromatic carbocycles. The highest BCUT2D eigenvalue weighted by Crippen LogP contribution is 2.22. The monoisotopic (exact) mass is 338 g/mol. The van der Waals surface area contributed by atoms with Gasteiger partial charge in [-0.15, -0.1) is 12.4 Å². The molecule has 7 heteroatoms. The molecule has 3 rings (SSSR count). The number of rotatable bonds is 5. The number of halogens is 1. The highest BCUT2D eigenvalue weighted by Gasteiger charge is 2.26. The molecular weight excluding hydrogens is 316 g/mol. The molecule has 23 heavy (non-hydrogen) atoms. The van der Waals surface area contributed by atoms with Crippen LogP contribution in [-0.4, -0.2) is 41.7 Å². The lowest BCUT2D eigenvalue weighted by atomic mass is 10.2. The quantitative estimate of drug-likeness (QED) is 0.903. The molecule has 1 aromatic heterocycles. The number of nitrogens with one attached hydrogen (secondary N) is 1. The van der Waals surface area contributed by atoms with Gasteiger partial charge in [0.2, 0.25) is 0 Å². The molecule has 2 heterocycles. The van der Waals surface area contributed by atoms with Gasteiger partial charge < -0.3 is 14.6 Å². The van der Waals surface area contributed by atoms with Crippen molar-refractivity contribution in [3.63, 3.8) is 0 Å². The summed E-state index contributed by atoms with van der Waals surface area (Å²) < 4.78 is 11.2. The van der Waals surface area contributed by atoms with E-state index in [9.17, 15) is 0 Å². The summed E-state index contributed by atoms with van der Waals surface area (Å²) in [5.41, 5.74) is 1.13. The van der Waals surface area contributed by atoms with Gasteiger partial charge in [0, 0.05) is 19.6 Å². The second kappa shape index (κ2) is 8.40. The Kier molecular flexibility index (Phi) is 6.53. The molecule has 1 N–H and O–H groups in total. The lowest BCUT2D eigenvalue weighted by Crippen LogP contribution is -2.44. The minimum absolute atomic E-state index is 0. The molecule has 2 unspecified atom stereocenters. The molecule has 6 nitrogen and oxygen atoms in total. The highest BCUT2D eigenvalue weighted by molar-refractivity contribution is 5.85. The van der Waals surface area contributed by atoms with E-state index in [1.165, 1.54) is 0 Å². The molecule has 0 spiro atoms. The van der Waals surface area contributed by atoms with E-state index >= 15 is 0 Å². The number of aromatic nitrogens is 2. The van der Waals surface area contributed by atoms with Crippen LogP contribution in [0, 0.1) is 0 Å². The van der Waals surface area contributed by atoms with E-state index < -0.39 is 0 Å². The van der Waals surface area contributed by atoms with E-state index in [4.69, 9.17) is 9.26 Å². The van der Waals surface area contributed by atoms with Crippen LogP contribution in [-0.2, 0) is 11.3 Å². The normalized spacial score (nSPS) is 20.0. The molecule has 0 aliphatic carbocycles. The maximum Gasteiger partial charge on any atom is 0.255 e. The van der Waals surface area contributed by atoms with E-state index in [0.717, 1.165) is 31.0 Å². The molecule has 1 saturated heterocycles. The third-order valence-corrected chi connectivity index (χ3v) is 3.96. The molecule has 2 aromatic rings. The molecule has 0 saturated carbocycles. The summed E-state index contributed by atoms with van der Waals surface area (Å²) in [6.07, 6.45) is -0.219. The number of hydrogen-bond acceptors (Lipinski definition) is 6. The number of likely N-dealkylation sites (N-methyl/N-ethyl adjacent to an activating group) is 1. The minimum Gasteiger partial charge on any atom is -0.364 e. The van der Waals surface area contributed by atoms with Crippen molar-refractivity contribution in [2.75, 3.05) is 26.7 Å². The van der Waals surface area contributed by atoms with E-state index in [-0.39, 0.29) is 24.6 Å². The number of hydrogen-bond donors (Lipinski definition) is 1. The molecular formula is C16H23ClN4O2. The summed E-state index contributed by atoms with van der Waals surface area (Å²) in [5.74, 6) is 1.25. The molecule has 0 amide bonds. The van der Waals surface area contributed by atoms with E-state index in [0.29, 0.717) is 12.5 Å². The van der Waals surface area contributed by atoms with Gasteiger partial charge in [-0.05, 0) is 19.5 Å². The molecule has 0 radical (unpaired) electrons. The first-order chi connectivity index (χ1) is 10.7. The van der Waals surface area contributed by atoms with Gasteiger partial charge in [-0.1, -0.05) is 35.5 Å². The minimum atomic E-state index is -0.219. The Bertz CT molecular complexity index is 593. The van der Waals surface area contributed by atoms with Crippen molar-refractivity contribution >= 4 is 12.4 Å². The fourth-order valence-corrected chi connectivity index (χ4v) is 2.51. The summed E-state index contributed by atoms with van der Waals surface area (Å²) >= 11 is 0.